The zero-order chi connectivity index (χ0) is 22.5. The van der Waals surface area contributed by atoms with Gasteiger partial charge in [-0.2, -0.15) is 0 Å². The molecular weight excluding hydrogens is 408 g/mol. The first-order chi connectivity index (χ1) is 13.9. The highest BCUT2D eigenvalue weighted by Gasteiger charge is 2.24. The third-order valence-corrected chi connectivity index (χ3v) is 5.36. The number of carboxylic acids is 1. The predicted octanol–water partition coefficient (Wildman–Crippen LogP) is 3.32. The van der Waals surface area contributed by atoms with Gasteiger partial charge in [-0.05, 0) is 57.5 Å². The molecule has 9 heteroatoms. The van der Waals surface area contributed by atoms with Crippen molar-refractivity contribution >= 4 is 27.8 Å². The van der Waals surface area contributed by atoms with Crippen molar-refractivity contribution in [3.05, 3.63) is 59.7 Å². The molecule has 2 aromatic rings. The van der Waals surface area contributed by atoms with Crippen LogP contribution in [0.15, 0.2) is 53.4 Å². The van der Waals surface area contributed by atoms with Crippen LogP contribution in [0.3, 0.4) is 0 Å². The van der Waals surface area contributed by atoms with Crippen molar-refractivity contribution in [2.24, 2.45) is 0 Å². The number of anilines is 1. The Morgan fingerprint density at radius 3 is 2.10 bits per heavy atom. The van der Waals surface area contributed by atoms with E-state index < -0.39 is 33.7 Å². The van der Waals surface area contributed by atoms with Crippen LogP contribution < -0.4 is 10.0 Å². The lowest BCUT2D eigenvalue weighted by Crippen LogP contribution is -2.44. The number of sulfonamides is 1. The monoisotopic (exact) mass is 434 g/mol. The molecule has 0 aliphatic heterocycles. The summed E-state index contributed by atoms with van der Waals surface area (Å²) < 4.78 is 32.5. The standard InChI is InChI=1S/C21H26N2O6S/c1-14-5-11-17(12-6-14)30(27,28)23-16-9-7-15(8-10-16)13-18(19(24)25)22-20(26)29-21(2,3)4/h5-12,18,23H,13H2,1-4H3,(H,22,26)(H,24,25)/t18-/m0/s1. The fourth-order valence-electron chi connectivity index (χ4n) is 2.53. The zero-order valence-corrected chi connectivity index (χ0v) is 18.1. The van der Waals surface area contributed by atoms with Gasteiger partial charge in [0.25, 0.3) is 10.0 Å². The average molecular weight is 435 g/mol. The zero-order valence-electron chi connectivity index (χ0n) is 17.3. The van der Waals surface area contributed by atoms with Gasteiger partial charge in [-0.3, -0.25) is 4.72 Å². The van der Waals surface area contributed by atoms with Gasteiger partial charge in [0.05, 0.1) is 4.90 Å². The Balaban J connectivity index is 2.05. The van der Waals surface area contributed by atoms with Crippen LogP contribution in [0.2, 0.25) is 0 Å². The molecule has 162 valence electrons. The summed E-state index contributed by atoms with van der Waals surface area (Å²) in [4.78, 5) is 23.5. The van der Waals surface area contributed by atoms with Gasteiger partial charge in [0.15, 0.2) is 0 Å². The lowest BCUT2D eigenvalue weighted by Gasteiger charge is -2.22. The molecule has 3 N–H and O–H groups in total. The van der Waals surface area contributed by atoms with E-state index in [-0.39, 0.29) is 11.3 Å². The number of nitrogens with one attached hydrogen (secondary N) is 2. The summed E-state index contributed by atoms with van der Waals surface area (Å²) in [6.07, 6.45) is -0.808. The van der Waals surface area contributed by atoms with Crippen LogP contribution in [-0.2, 0) is 26.0 Å². The van der Waals surface area contributed by atoms with E-state index in [4.69, 9.17) is 4.74 Å². The van der Waals surface area contributed by atoms with Crippen LogP contribution in [0.5, 0.6) is 0 Å². The molecule has 8 nitrogen and oxygen atoms in total. The number of amides is 1. The number of rotatable bonds is 7. The largest absolute Gasteiger partial charge is 0.480 e. The molecule has 0 spiro atoms. The Kier molecular flexibility index (Phi) is 7.09. The van der Waals surface area contributed by atoms with Crippen LogP contribution >= 0.6 is 0 Å². The highest BCUT2D eigenvalue weighted by molar-refractivity contribution is 7.92. The number of aliphatic carboxylic acids is 1. The molecule has 2 aromatic carbocycles. The summed E-state index contributed by atoms with van der Waals surface area (Å²) >= 11 is 0. The third-order valence-electron chi connectivity index (χ3n) is 3.97. The van der Waals surface area contributed by atoms with Crippen LogP contribution in [0.4, 0.5) is 10.5 Å². The molecule has 0 fully saturated rings. The van der Waals surface area contributed by atoms with Crippen LogP contribution in [0, 0.1) is 6.92 Å². The van der Waals surface area contributed by atoms with Gasteiger partial charge in [-0.1, -0.05) is 29.8 Å². The molecule has 2 rings (SSSR count). The van der Waals surface area contributed by atoms with Crippen LogP contribution in [0.25, 0.3) is 0 Å². The van der Waals surface area contributed by atoms with E-state index >= 15 is 0 Å². The molecule has 0 heterocycles. The molecule has 0 saturated carbocycles. The van der Waals surface area contributed by atoms with E-state index in [1.54, 1.807) is 45.0 Å². The predicted molar refractivity (Wildman–Crippen MR) is 113 cm³/mol. The minimum atomic E-state index is -3.73. The molecular formula is C21H26N2O6S. The minimum Gasteiger partial charge on any atom is -0.480 e. The van der Waals surface area contributed by atoms with E-state index in [1.165, 1.54) is 24.3 Å². The lowest BCUT2D eigenvalue weighted by atomic mass is 10.1. The maximum atomic E-state index is 12.5. The molecule has 0 radical (unpaired) electrons. The Bertz CT molecular complexity index is 993. The first-order valence-corrected chi connectivity index (χ1v) is 10.7. The summed E-state index contributed by atoms with van der Waals surface area (Å²) in [5.74, 6) is -1.20. The highest BCUT2D eigenvalue weighted by atomic mass is 32.2. The molecule has 0 bridgehead atoms. The van der Waals surface area contributed by atoms with Gasteiger partial charge in [-0.25, -0.2) is 18.0 Å². The van der Waals surface area contributed by atoms with Gasteiger partial charge in [-0.15, -0.1) is 0 Å². The number of benzene rings is 2. The van der Waals surface area contributed by atoms with Gasteiger partial charge in [0.2, 0.25) is 0 Å². The summed E-state index contributed by atoms with van der Waals surface area (Å²) in [5.41, 5.74) is 1.15. The molecule has 30 heavy (non-hydrogen) atoms. The van der Waals surface area contributed by atoms with E-state index in [0.717, 1.165) is 5.56 Å². The Labute approximate surface area is 176 Å². The molecule has 1 amide bonds. The number of carbonyl (C=O) groups excluding carboxylic acids is 1. The van der Waals surface area contributed by atoms with Crippen molar-refractivity contribution in [3.8, 4) is 0 Å². The molecule has 1 atom stereocenters. The van der Waals surface area contributed by atoms with Crippen molar-refractivity contribution in [1.82, 2.24) is 5.32 Å². The Hall–Kier alpha value is -3.07. The summed E-state index contributed by atoms with van der Waals surface area (Å²) in [7, 11) is -3.73. The second-order valence-corrected chi connectivity index (χ2v) is 9.54. The fourth-order valence-corrected chi connectivity index (χ4v) is 3.58. The van der Waals surface area contributed by atoms with E-state index in [2.05, 4.69) is 10.0 Å². The maximum Gasteiger partial charge on any atom is 0.408 e. The molecule has 0 aliphatic carbocycles. The van der Waals surface area contributed by atoms with Crippen molar-refractivity contribution in [2.75, 3.05) is 4.72 Å². The molecule has 0 saturated heterocycles. The van der Waals surface area contributed by atoms with Gasteiger partial charge >= 0.3 is 12.1 Å². The number of hydrogen-bond acceptors (Lipinski definition) is 5. The normalized spacial score (nSPS) is 12.7. The van der Waals surface area contributed by atoms with E-state index in [1.807, 2.05) is 6.92 Å². The summed E-state index contributed by atoms with van der Waals surface area (Å²) in [6.45, 7) is 6.90. The molecule has 0 aliphatic rings. The van der Waals surface area contributed by atoms with Gasteiger partial charge in [0, 0.05) is 12.1 Å². The van der Waals surface area contributed by atoms with E-state index in [0.29, 0.717) is 11.3 Å². The van der Waals surface area contributed by atoms with Crippen LogP contribution in [0.1, 0.15) is 31.9 Å². The third kappa shape index (κ3) is 7.07. The minimum absolute atomic E-state index is 0.0135. The highest BCUT2D eigenvalue weighted by Crippen LogP contribution is 2.18. The van der Waals surface area contributed by atoms with Crippen molar-refractivity contribution in [3.63, 3.8) is 0 Å². The van der Waals surface area contributed by atoms with Crippen LogP contribution in [-0.4, -0.2) is 37.2 Å². The van der Waals surface area contributed by atoms with Crippen molar-refractivity contribution in [2.45, 2.75) is 50.7 Å². The summed E-state index contributed by atoms with van der Waals surface area (Å²) in [5, 5.41) is 11.7. The van der Waals surface area contributed by atoms with Crippen molar-refractivity contribution < 1.29 is 27.9 Å². The average Bonchev–Trinajstić information content (AvgIpc) is 2.61. The fraction of sp³-hybridized carbons (Fsp3) is 0.333. The topological polar surface area (TPSA) is 122 Å². The SMILES string of the molecule is Cc1ccc(S(=O)(=O)Nc2ccc(C[C@H](NC(=O)OC(C)(C)C)C(=O)O)cc2)cc1. The van der Waals surface area contributed by atoms with Gasteiger partial charge < -0.3 is 15.2 Å². The number of ether oxygens (including phenoxy) is 1. The van der Waals surface area contributed by atoms with Crippen molar-refractivity contribution in [1.29, 1.82) is 0 Å². The Morgan fingerprint density at radius 2 is 1.60 bits per heavy atom. The molecule has 0 aromatic heterocycles. The quantitative estimate of drug-likeness (QED) is 0.615. The Morgan fingerprint density at radius 1 is 1.03 bits per heavy atom. The maximum absolute atomic E-state index is 12.5. The van der Waals surface area contributed by atoms with E-state index in [9.17, 15) is 23.1 Å². The first kappa shape index (κ1) is 23.2. The first-order valence-electron chi connectivity index (χ1n) is 9.26. The lowest BCUT2D eigenvalue weighted by molar-refractivity contribution is -0.139. The second-order valence-electron chi connectivity index (χ2n) is 7.86. The number of alkyl carbamates (subject to hydrolysis) is 1. The smallest absolute Gasteiger partial charge is 0.408 e. The number of carbonyl (C=O) groups is 2. The van der Waals surface area contributed by atoms with Gasteiger partial charge in [0.1, 0.15) is 11.6 Å². The molecule has 0 unspecified atom stereocenters. The number of carboxylic acid groups (broad SMARTS) is 1. The number of aryl methyl sites for hydroxylation is 1. The summed E-state index contributed by atoms with van der Waals surface area (Å²) in [6, 6.07) is 11.5. The second kappa shape index (κ2) is 9.17. The number of hydrogen-bond donors (Lipinski definition) is 3.